The van der Waals surface area contributed by atoms with Gasteiger partial charge in [0.2, 0.25) is 0 Å². The normalized spacial score (nSPS) is 27.8. The zero-order chi connectivity index (χ0) is 13.6. The van der Waals surface area contributed by atoms with Gasteiger partial charge in [0.05, 0.1) is 18.1 Å². The molecule has 1 rings (SSSR count). The smallest absolute Gasteiger partial charge is 0.308 e. The maximum Gasteiger partial charge on any atom is 0.308 e. The summed E-state index contributed by atoms with van der Waals surface area (Å²) in [5.41, 5.74) is -0.741. The second-order valence-electron chi connectivity index (χ2n) is 4.87. The predicted molar refractivity (Wildman–Crippen MR) is 71.4 cm³/mol. The molecule has 0 aromatic heterocycles. The molecule has 0 amide bonds. The minimum Gasteiger partial charge on any atom is -0.466 e. The molecule has 1 saturated carbocycles. The number of halogens is 1. The highest BCUT2D eigenvalue weighted by molar-refractivity contribution is 6.29. The molecule has 1 aliphatic carbocycles. The Kier molecular flexibility index (Phi) is 6.12. The van der Waals surface area contributed by atoms with Gasteiger partial charge in [-0.05, 0) is 32.6 Å². The lowest BCUT2D eigenvalue weighted by Crippen LogP contribution is -2.44. The number of nitrogens with one attached hydrogen (secondary N) is 1. The number of hydrogen-bond donors (Lipinski definition) is 2. The summed E-state index contributed by atoms with van der Waals surface area (Å²) in [7, 11) is 0. The van der Waals surface area contributed by atoms with Gasteiger partial charge >= 0.3 is 5.97 Å². The molecule has 0 aromatic carbocycles. The third-order valence-electron chi connectivity index (χ3n) is 3.31. The number of hydrogen-bond acceptors (Lipinski definition) is 4. The fraction of sp³-hybridized carbons (Fsp3) is 0.769. The van der Waals surface area contributed by atoms with E-state index < -0.39 is 5.60 Å². The lowest BCUT2D eigenvalue weighted by Gasteiger charge is -2.35. The second kappa shape index (κ2) is 7.12. The zero-order valence-corrected chi connectivity index (χ0v) is 11.6. The molecule has 0 saturated heterocycles. The number of aliphatic hydroxyl groups is 1. The summed E-state index contributed by atoms with van der Waals surface area (Å²) in [4.78, 5) is 11.6. The number of rotatable bonds is 6. The van der Waals surface area contributed by atoms with Crippen molar-refractivity contribution in [2.45, 2.75) is 38.2 Å². The first kappa shape index (κ1) is 15.5. The van der Waals surface area contributed by atoms with Crippen molar-refractivity contribution >= 4 is 17.6 Å². The number of ether oxygens (including phenoxy) is 1. The van der Waals surface area contributed by atoms with Crippen molar-refractivity contribution in [3.05, 3.63) is 11.6 Å². The Bertz CT molecular complexity index is 299. The monoisotopic (exact) mass is 275 g/mol. The molecule has 0 aromatic rings. The van der Waals surface area contributed by atoms with Crippen LogP contribution in [0.5, 0.6) is 0 Å². The molecule has 1 fully saturated rings. The van der Waals surface area contributed by atoms with Crippen molar-refractivity contribution in [1.82, 2.24) is 5.32 Å². The third kappa shape index (κ3) is 4.96. The van der Waals surface area contributed by atoms with Crippen LogP contribution in [-0.2, 0) is 9.53 Å². The zero-order valence-electron chi connectivity index (χ0n) is 10.9. The summed E-state index contributed by atoms with van der Waals surface area (Å²) < 4.78 is 5.00. The summed E-state index contributed by atoms with van der Waals surface area (Å²) in [5, 5.41) is 13.9. The largest absolute Gasteiger partial charge is 0.466 e. The van der Waals surface area contributed by atoms with E-state index in [1.54, 1.807) is 6.92 Å². The van der Waals surface area contributed by atoms with Crippen molar-refractivity contribution < 1.29 is 14.6 Å². The van der Waals surface area contributed by atoms with Gasteiger partial charge in [0.1, 0.15) is 0 Å². The van der Waals surface area contributed by atoms with E-state index in [0.29, 0.717) is 50.4 Å². The van der Waals surface area contributed by atoms with Gasteiger partial charge in [-0.15, -0.1) is 0 Å². The van der Waals surface area contributed by atoms with E-state index in [-0.39, 0.29) is 11.9 Å². The van der Waals surface area contributed by atoms with Crippen molar-refractivity contribution in [2.75, 3.05) is 19.7 Å². The first-order chi connectivity index (χ1) is 8.47. The minimum absolute atomic E-state index is 0.0618. The molecule has 5 heteroatoms. The first-order valence-corrected chi connectivity index (χ1v) is 6.77. The molecule has 2 N–H and O–H groups in total. The van der Waals surface area contributed by atoms with Crippen molar-refractivity contribution in [2.24, 2.45) is 5.92 Å². The SMILES string of the molecule is C=C(Cl)CNCC1(O)CCC(C(=O)OCC)CC1. The molecule has 0 atom stereocenters. The maximum atomic E-state index is 11.6. The van der Waals surface area contributed by atoms with Gasteiger partial charge in [-0.1, -0.05) is 18.2 Å². The minimum atomic E-state index is -0.741. The van der Waals surface area contributed by atoms with E-state index in [1.807, 2.05) is 0 Å². The van der Waals surface area contributed by atoms with Crippen LogP contribution in [-0.4, -0.2) is 36.4 Å². The van der Waals surface area contributed by atoms with Crippen molar-refractivity contribution in [3.63, 3.8) is 0 Å². The first-order valence-electron chi connectivity index (χ1n) is 6.40. The molecule has 0 spiro atoms. The van der Waals surface area contributed by atoms with Gasteiger partial charge in [-0.2, -0.15) is 0 Å². The Morgan fingerprint density at radius 2 is 2.17 bits per heavy atom. The van der Waals surface area contributed by atoms with Crippen LogP contribution in [0.2, 0.25) is 0 Å². The summed E-state index contributed by atoms with van der Waals surface area (Å²) >= 11 is 5.64. The quantitative estimate of drug-likeness (QED) is 0.726. The molecule has 0 heterocycles. The molecule has 18 heavy (non-hydrogen) atoms. The van der Waals surface area contributed by atoms with E-state index in [2.05, 4.69) is 11.9 Å². The van der Waals surface area contributed by atoms with Crippen LogP contribution in [0.3, 0.4) is 0 Å². The summed E-state index contributed by atoms with van der Waals surface area (Å²) in [6, 6.07) is 0. The summed E-state index contributed by atoms with van der Waals surface area (Å²) in [6.07, 6.45) is 2.58. The van der Waals surface area contributed by atoms with Crippen LogP contribution in [0.1, 0.15) is 32.6 Å². The highest BCUT2D eigenvalue weighted by Crippen LogP contribution is 2.32. The van der Waals surface area contributed by atoms with Crippen LogP contribution >= 0.6 is 11.6 Å². The highest BCUT2D eigenvalue weighted by atomic mass is 35.5. The lowest BCUT2D eigenvalue weighted by atomic mass is 9.79. The average Bonchev–Trinajstić information content (AvgIpc) is 2.29. The van der Waals surface area contributed by atoms with Gasteiger partial charge in [-0.25, -0.2) is 0 Å². The van der Waals surface area contributed by atoms with Crippen molar-refractivity contribution in [1.29, 1.82) is 0 Å². The average molecular weight is 276 g/mol. The van der Waals surface area contributed by atoms with Crippen LogP contribution in [0.4, 0.5) is 0 Å². The molecule has 0 unspecified atom stereocenters. The van der Waals surface area contributed by atoms with E-state index in [0.717, 1.165) is 0 Å². The maximum absolute atomic E-state index is 11.6. The molecular formula is C13H22ClNO3. The predicted octanol–water partition coefficient (Wildman–Crippen LogP) is 1.81. The van der Waals surface area contributed by atoms with Gasteiger partial charge in [-0.3, -0.25) is 4.79 Å². The standard InChI is InChI=1S/C13H22ClNO3/c1-3-18-12(16)11-4-6-13(17,7-5-11)9-15-8-10(2)14/h11,15,17H,2-9H2,1H3. The summed E-state index contributed by atoms with van der Waals surface area (Å²) in [5.74, 6) is -0.199. The highest BCUT2D eigenvalue weighted by Gasteiger charge is 2.35. The van der Waals surface area contributed by atoms with E-state index >= 15 is 0 Å². The number of carbonyl (C=O) groups is 1. The fourth-order valence-electron chi connectivity index (χ4n) is 2.26. The molecule has 4 nitrogen and oxygen atoms in total. The van der Waals surface area contributed by atoms with E-state index in [1.165, 1.54) is 0 Å². The molecule has 1 aliphatic rings. The van der Waals surface area contributed by atoms with E-state index in [9.17, 15) is 9.90 Å². The molecule has 0 radical (unpaired) electrons. The lowest BCUT2D eigenvalue weighted by molar-refractivity contribution is -0.151. The van der Waals surface area contributed by atoms with Crippen LogP contribution < -0.4 is 5.32 Å². The van der Waals surface area contributed by atoms with Gasteiger partial charge in [0.25, 0.3) is 0 Å². The Labute approximate surface area is 113 Å². The van der Waals surface area contributed by atoms with Crippen LogP contribution in [0.25, 0.3) is 0 Å². The van der Waals surface area contributed by atoms with Crippen molar-refractivity contribution in [3.8, 4) is 0 Å². The summed E-state index contributed by atoms with van der Waals surface area (Å²) in [6.45, 7) is 6.77. The van der Waals surface area contributed by atoms with Gasteiger partial charge in [0.15, 0.2) is 0 Å². The Morgan fingerprint density at radius 1 is 1.56 bits per heavy atom. The third-order valence-corrected chi connectivity index (χ3v) is 3.44. The molecule has 0 aliphatic heterocycles. The van der Waals surface area contributed by atoms with E-state index in [4.69, 9.17) is 16.3 Å². The van der Waals surface area contributed by atoms with Crippen LogP contribution in [0.15, 0.2) is 11.6 Å². The number of carbonyl (C=O) groups excluding carboxylic acids is 1. The van der Waals surface area contributed by atoms with Gasteiger partial charge in [0, 0.05) is 18.1 Å². The second-order valence-corrected chi connectivity index (χ2v) is 5.41. The molecular weight excluding hydrogens is 254 g/mol. The number of esters is 1. The Balaban J connectivity index is 2.32. The van der Waals surface area contributed by atoms with Gasteiger partial charge < -0.3 is 15.2 Å². The Hall–Kier alpha value is -0.580. The Morgan fingerprint density at radius 3 is 2.67 bits per heavy atom. The molecule has 0 bridgehead atoms. The van der Waals surface area contributed by atoms with Crippen LogP contribution in [0, 0.1) is 5.92 Å². The fourth-order valence-corrected chi connectivity index (χ4v) is 2.35. The molecule has 104 valence electrons. The topological polar surface area (TPSA) is 58.6 Å².